The Morgan fingerprint density at radius 3 is 0.901 bits per heavy atom. The molecular formula is C81H150NO8P. The smallest absolute Gasteiger partial charge is 0.462 e. The van der Waals surface area contributed by atoms with Gasteiger partial charge in [0, 0.05) is 19.4 Å². The highest BCUT2D eigenvalue weighted by atomic mass is 31.2. The van der Waals surface area contributed by atoms with Crippen molar-refractivity contribution in [3.63, 3.8) is 0 Å². The zero-order valence-electron chi connectivity index (χ0n) is 60.1. The maximum absolute atomic E-state index is 12.8. The van der Waals surface area contributed by atoms with Gasteiger partial charge in [-0.05, 0) is 83.5 Å². The SMILES string of the molecule is CC/C=C\C/C=C\C/C=C\C/C=C\CCCCCCCCCCCCCCCCCCCCCCC(=O)OC(COC(=O)CCCCCCCCCCCCCCCCCCCCCCCCCCC/C=C\C/C=C\CCCCCCC)COP(=O)(O)OCCN. The number of phosphoric acid groups is 1. The van der Waals surface area contributed by atoms with E-state index >= 15 is 0 Å². The van der Waals surface area contributed by atoms with E-state index in [-0.39, 0.29) is 38.6 Å². The summed E-state index contributed by atoms with van der Waals surface area (Å²) in [5.41, 5.74) is 5.41. The fourth-order valence-corrected chi connectivity index (χ4v) is 12.5. The Hall–Kier alpha value is -2.55. The minimum atomic E-state index is -4.40. The standard InChI is InChI=1S/C81H150NO8P/c1-3-5-7-9-11-13-15-17-19-21-23-25-27-29-31-33-35-37-38-39-40-42-43-45-47-49-51-53-55-57-59-61-63-65-67-69-71-73-80(83)87-77-79(78-89-91(85,86)88-76-75-82)90-81(84)74-72-70-68-66-64-62-60-58-56-54-52-50-48-46-44-41-36-34-32-30-28-26-24-22-20-18-16-14-12-10-8-6-4-2/h6,8,12,14-15,17-18,20-21,23-24,26,79H,3-5,7,9-11,13,16,19,22,25,27-78,82H2,1-2H3,(H,85,86)/b8-6-,14-12-,17-15-,20-18-,23-21-,26-24-. The summed E-state index contributed by atoms with van der Waals surface area (Å²) in [5, 5.41) is 0. The molecule has 0 rings (SSSR count). The first-order chi connectivity index (χ1) is 44.8. The van der Waals surface area contributed by atoms with Gasteiger partial charge in [-0.15, -0.1) is 0 Å². The molecule has 0 radical (unpaired) electrons. The van der Waals surface area contributed by atoms with Crippen LogP contribution in [-0.2, 0) is 32.7 Å². The Morgan fingerprint density at radius 1 is 0.341 bits per heavy atom. The monoisotopic (exact) mass is 1300 g/mol. The topological polar surface area (TPSA) is 134 Å². The summed E-state index contributed by atoms with van der Waals surface area (Å²) in [6.45, 7) is 3.69. The van der Waals surface area contributed by atoms with Crippen molar-refractivity contribution in [1.29, 1.82) is 0 Å². The highest BCUT2D eigenvalue weighted by molar-refractivity contribution is 7.47. The lowest BCUT2D eigenvalue weighted by atomic mass is 10.0. The van der Waals surface area contributed by atoms with E-state index in [0.717, 1.165) is 64.2 Å². The van der Waals surface area contributed by atoms with Crippen LogP contribution in [0.3, 0.4) is 0 Å². The Bertz CT molecular complexity index is 1720. The van der Waals surface area contributed by atoms with Gasteiger partial charge in [0.1, 0.15) is 6.61 Å². The van der Waals surface area contributed by atoms with Crippen LogP contribution in [0.25, 0.3) is 0 Å². The molecule has 0 aliphatic heterocycles. The summed E-state index contributed by atoms with van der Waals surface area (Å²) >= 11 is 0. The molecule has 0 heterocycles. The summed E-state index contributed by atoms with van der Waals surface area (Å²) in [5.74, 6) is -0.805. The van der Waals surface area contributed by atoms with Crippen molar-refractivity contribution >= 4 is 19.8 Å². The number of phosphoric ester groups is 1. The van der Waals surface area contributed by atoms with Gasteiger partial charge in [0.25, 0.3) is 0 Å². The second kappa shape index (κ2) is 76.5. The molecule has 10 heteroatoms. The minimum Gasteiger partial charge on any atom is -0.462 e. The van der Waals surface area contributed by atoms with E-state index in [1.165, 1.54) is 302 Å². The Balaban J connectivity index is 3.76. The first kappa shape index (κ1) is 88.5. The minimum absolute atomic E-state index is 0.0547. The van der Waals surface area contributed by atoms with Crippen molar-refractivity contribution in [1.82, 2.24) is 0 Å². The molecule has 3 N–H and O–H groups in total. The van der Waals surface area contributed by atoms with Crippen molar-refractivity contribution in [2.75, 3.05) is 26.4 Å². The number of ether oxygens (including phenoxy) is 2. The van der Waals surface area contributed by atoms with Crippen LogP contribution in [0.15, 0.2) is 72.9 Å². The number of unbranched alkanes of at least 4 members (excludes halogenated alkanes) is 50. The molecule has 2 atom stereocenters. The molecule has 91 heavy (non-hydrogen) atoms. The van der Waals surface area contributed by atoms with Crippen molar-refractivity contribution in [3.8, 4) is 0 Å². The van der Waals surface area contributed by atoms with Crippen LogP contribution in [0, 0.1) is 0 Å². The first-order valence-electron chi connectivity index (χ1n) is 39.4. The highest BCUT2D eigenvalue weighted by Crippen LogP contribution is 2.43. The fourth-order valence-electron chi connectivity index (χ4n) is 11.8. The Labute approximate surface area is 564 Å². The second-order valence-electron chi connectivity index (χ2n) is 26.6. The van der Waals surface area contributed by atoms with E-state index in [4.69, 9.17) is 24.3 Å². The van der Waals surface area contributed by atoms with E-state index in [2.05, 4.69) is 86.8 Å². The predicted molar refractivity (Wildman–Crippen MR) is 395 cm³/mol. The first-order valence-corrected chi connectivity index (χ1v) is 40.9. The summed E-state index contributed by atoms with van der Waals surface area (Å²) < 4.78 is 33.3. The van der Waals surface area contributed by atoms with Crippen LogP contribution in [0.2, 0.25) is 0 Å². The molecular weight excluding hydrogens is 1150 g/mol. The lowest BCUT2D eigenvalue weighted by Crippen LogP contribution is -2.29. The van der Waals surface area contributed by atoms with E-state index in [9.17, 15) is 19.0 Å². The van der Waals surface area contributed by atoms with Crippen LogP contribution in [0.4, 0.5) is 0 Å². The molecule has 532 valence electrons. The van der Waals surface area contributed by atoms with Gasteiger partial charge >= 0.3 is 19.8 Å². The van der Waals surface area contributed by atoms with Gasteiger partial charge in [0.2, 0.25) is 0 Å². The quantitative estimate of drug-likeness (QED) is 0.0264. The molecule has 9 nitrogen and oxygen atoms in total. The van der Waals surface area contributed by atoms with Crippen LogP contribution < -0.4 is 5.73 Å². The normalized spacial score (nSPS) is 13.2. The zero-order valence-corrected chi connectivity index (χ0v) is 61.0. The van der Waals surface area contributed by atoms with Gasteiger partial charge in [0.05, 0.1) is 13.2 Å². The summed E-state index contributed by atoms with van der Waals surface area (Å²) in [6.07, 6.45) is 102. The van der Waals surface area contributed by atoms with E-state index in [0.29, 0.717) is 6.42 Å². The summed E-state index contributed by atoms with van der Waals surface area (Å²) in [7, 11) is -4.40. The van der Waals surface area contributed by atoms with Crippen LogP contribution in [0.5, 0.6) is 0 Å². The summed E-state index contributed by atoms with van der Waals surface area (Å²) in [6, 6.07) is 0. The number of allylic oxidation sites excluding steroid dienone is 12. The molecule has 0 fully saturated rings. The average molecular weight is 1300 g/mol. The van der Waals surface area contributed by atoms with Crippen molar-refractivity contribution in [3.05, 3.63) is 72.9 Å². The number of carbonyl (C=O) groups is 2. The predicted octanol–water partition coefficient (Wildman–Crippen LogP) is 26.3. The highest BCUT2D eigenvalue weighted by Gasteiger charge is 2.26. The Morgan fingerprint density at radius 2 is 0.604 bits per heavy atom. The van der Waals surface area contributed by atoms with Gasteiger partial charge in [0.15, 0.2) is 6.10 Å². The number of carbonyl (C=O) groups excluding carboxylic acids is 2. The maximum Gasteiger partial charge on any atom is 0.472 e. The third-order valence-electron chi connectivity index (χ3n) is 17.6. The lowest BCUT2D eigenvalue weighted by Gasteiger charge is -2.19. The van der Waals surface area contributed by atoms with Gasteiger partial charge in [-0.3, -0.25) is 18.6 Å². The van der Waals surface area contributed by atoms with E-state index in [1.807, 2.05) is 0 Å². The molecule has 0 amide bonds. The molecule has 2 unspecified atom stereocenters. The number of rotatable bonds is 75. The van der Waals surface area contributed by atoms with Gasteiger partial charge < -0.3 is 20.1 Å². The molecule has 0 bridgehead atoms. The lowest BCUT2D eigenvalue weighted by molar-refractivity contribution is -0.161. The van der Waals surface area contributed by atoms with Crippen molar-refractivity contribution in [2.45, 2.75) is 405 Å². The Kier molecular flexibility index (Phi) is 74.3. The fraction of sp³-hybridized carbons (Fsp3) is 0.827. The number of nitrogens with two attached hydrogens (primary N) is 1. The maximum atomic E-state index is 12.8. The molecule has 0 aliphatic rings. The number of esters is 2. The number of hydrogen-bond acceptors (Lipinski definition) is 8. The largest absolute Gasteiger partial charge is 0.472 e. The third-order valence-corrected chi connectivity index (χ3v) is 18.6. The van der Waals surface area contributed by atoms with Crippen LogP contribution >= 0.6 is 7.82 Å². The van der Waals surface area contributed by atoms with Crippen LogP contribution in [0.1, 0.15) is 399 Å². The molecule has 0 aromatic carbocycles. The van der Waals surface area contributed by atoms with Crippen molar-refractivity contribution in [2.24, 2.45) is 5.73 Å². The zero-order chi connectivity index (χ0) is 65.8. The van der Waals surface area contributed by atoms with Gasteiger partial charge in [-0.25, -0.2) is 4.57 Å². The van der Waals surface area contributed by atoms with Crippen LogP contribution in [-0.4, -0.2) is 49.3 Å². The average Bonchev–Trinajstić information content (AvgIpc) is 3.74. The van der Waals surface area contributed by atoms with Gasteiger partial charge in [-0.1, -0.05) is 376 Å². The summed E-state index contributed by atoms with van der Waals surface area (Å²) in [4.78, 5) is 35.5. The molecule has 0 aromatic heterocycles. The second-order valence-corrected chi connectivity index (χ2v) is 28.0. The third kappa shape index (κ3) is 76.4. The van der Waals surface area contributed by atoms with E-state index in [1.54, 1.807) is 0 Å². The van der Waals surface area contributed by atoms with Crippen molar-refractivity contribution < 1.29 is 37.6 Å². The molecule has 0 aromatic rings. The van der Waals surface area contributed by atoms with Gasteiger partial charge in [-0.2, -0.15) is 0 Å². The molecule has 0 saturated heterocycles. The number of hydrogen-bond donors (Lipinski definition) is 2. The molecule has 0 aliphatic carbocycles. The van der Waals surface area contributed by atoms with E-state index < -0.39 is 26.5 Å². The molecule has 0 spiro atoms. The molecule has 0 saturated carbocycles.